The summed E-state index contributed by atoms with van der Waals surface area (Å²) in [5.41, 5.74) is 0.285. The molecule has 0 atom stereocenters. The average Bonchev–Trinajstić information content (AvgIpc) is 2.38. The van der Waals surface area contributed by atoms with Gasteiger partial charge in [-0.05, 0) is 24.6 Å². The summed E-state index contributed by atoms with van der Waals surface area (Å²) in [4.78, 5) is 0. The molecule has 0 heterocycles. The highest BCUT2D eigenvalue weighted by molar-refractivity contribution is 9.10. The second-order valence-corrected chi connectivity index (χ2v) is 4.99. The number of hydrogen-bond acceptors (Lipinski definition) is 4. The molecule has 0 saturated heterocycles. The normalized spacial score (nSPS) is 11.5. The van der Waals surface area contributed by atoms with Gasteiger partial charge in [0.2, 0.25) is 0 Å². The lowest BCUT2D eigenvalue weighted by molar-refractivity contribution is -0.274. The van der Waals surface area contributed by atoms with E-state index in [1.807, 2.05) is 0 Å². The number of methoxy groups -OCH3 is 1. The Morgan fingerprint density at radius 3 is 2.62 bits per heavy atom. The van der Waals surface area contributed by atoms with Crippen molar-refractivity contribution in [2.45, 2.75) is 12.8 Å². The van der Waals surface area contributed by atoms with Crippen molar-refractivity contribution in [1.29, 1.82) is 0 Å². The van der Waals surface area contributed by atoms with Gasteiger partial charge >= 0.3 is 6.36 Å². The van der Waals surface area contributed by atoms with E-state index >= 15 is 0 Å². The van der Waals surface area contributed by atoms with Crippen LogP contribution < -0.4 is 10.1 Å². The van der Waals surface area contributed by atoms with Crippen LogP contribution in [0.1, 0.15) is 6.42 Å². The van der Waals surface area contributed by atoms with E-state index in [0.29, 0.717) is 37.3 Å². The maximum atomic E-state index is 12.3. The molecule has 0 saturated carbocycles. The fourth-order valence-electron chi connectivity index (χ4n) is 1.49. The van der Waals surface area contributed by atoms with Crippen LogP contribution in [-0.4, -0.2) is 39.8 Å². The molecule has 0 aromatic heterocycles. The Morgan fingerprint density at radius 1 is 1.19 bits per heavy atom. The predicted molar refractivity (Wildman–Crippen MR) is 76.6 cm³/mol. The van der Waals surface area contributed by atoms with Gasteiger partial charge in [0, 0.05) is 24.7 Å². The Kier molecular flexibility index (Phi) is 7.84. The third kappa shape index (κ3) is 8.13. The maximum absolute atomic E-state index is 12.3. The number of benzene rings is 1. The summed E-state index contributed by atoms with van der Waals surface area (Å²) in [6.45, 7) is 1.99. The van der Waals surface area contributed by atoms with Crippen LogP contribution in [-0.2, 0) is 9.47 Å². The van der Waals surface area contributed by atoms with Crippen LogP contribution in [0, 0.1) is 0 Å². The van der Waals surface area contributed by atoms with Gasteiger partial charge in [0.15, 0.2) is 5.75 Å². The summed E-state index contributed by atoms with van der Waals surface area (Å²) in [7, 11) is 1.58. The maximum Gasteiger partial charge on any atom is 0.573 e. The van der Waals surface area contributed by atoms with Crippen LogP contribution in [0.2, 0.25) is 0 Å². The average molecular weight is 372 g/mol. The predicted octanol–water partition coefficient (Wildman–Crippen LogP) is 3.81. The summed E-state index contributed by atoms with van der Waals surface area (Å²) < 4.78 is 51.5. The molecule has 0 fully saturated rings. The first kappa shape index (κ1) is 18.1. The minimum absolute atomic E-state index is 0.267. The molecule has 1 rings (SSSR count). The van der Waals surface area contributed by atoms with Gasteiger partial charge in [-0.25, -0.2) is 0 Å². The van der Waals surface area contributed by atoms with E-state index in [4.69, 9.17) is 9.47 Å². The lowest BCUT2D eigenvalue weighted by Crippen LogP contribution is -2.18. The Bertz CT molecular complexity index is 430. The lowest BCUT2D eigenvalue weighted by Gasteiger charge is -2.15. The molecule has 120 valence electrons. The molecule has 1 aromatic carbocycles. The zero-order valence-electron chi connectivity index (χ0n) is 11.5. The molecular weight excluding hydrogens is 355 g/mol. The number of alkyl halides is 3. The van der Waals surface area contributed by atoms with E-state index in [1.54, 1.807) is 13.2 Å². The molecular formula is C13H17BrF3NO3. The minimum Gasteiger partial charge on any atom is -0.404 e. The van der Waals surface area contributed by atoms with Crippen LogP contribution in [0.3, 0.4) is 0 Å². The van der Waals surface area contributed by atoms with E-state index in [-0.39, 0.29) is 11.4 Å². The van der Waals surface area contributed by atoms with Gasteiger partial charge in [-0.1, -0.05) is 15.9 Å². The zero-order chi connectivity index (χ0) is 15.7. The van der Waals surface area contributed by atoms with E-state index in [0.717, 1.165) is 0 Å². The smallest absolute Gasteiger partial charge is 0.404 e. The van der Waals surface area contributed by atoms with E-state index in [2.05, 4.69) is 26.0 Å². The SMILES string of the molecule is COCCOCCCNc1ccc(Br)cc1OC(F)(F)F. The van der Waals surface area contributed by atoms with Gasteiger partial charge in [0.1, 0.15) is 0 Å². The number of ether oxygens (including phenoxy) is 3. The van der Waals surface area contributed by atoms with Gasteiger partial charge in [-0.15, -0.1) is 13.2 Å². The Balaban J connectivity index is 2.43. The number of nitrogens with one attached hydrogen (secondary N) is 1. The number of anilines is 1. The summed E-state index contributed by atoms with van der Waals surface area (Å²) in [5.74, 6) is -0.267. The summed E-state index contributed by atoms with van der Waals surface area (Å²) >= 11 is 3.11. The Morgan fingerprint density at radius 2 is 1.95 bits per heavy atom. The molecule has 0 spiro atoms. The van der Waals surface area contributed by atoms with E-state index < -0.39 is 6.36 Å². The highest BCUT2D eigenvalue weighted by Crippen LogP contribution is 2.32. The molecule has 4 nitrogen and oxygen atoms in total. The van der Waals surface area contributed by atoms with Crippen LogP contribution in [0.15, 0.2) is 22.7 Å². The molecule has 1 aromatic rings. The van der Waals surface area contributed by atoms with E-state index in [1.165, 1.54) is 12.1 Å². The first-order valence-corrected chi connectivity index (χ1v) is 7.07. The molecule has 0 radical (unpaired) electrons. The molecule has 0 aliphatic carbocycles. The Labute approximate surface area is 129 Å². The van der Waals surface area contributed by atoms with Gasteiger partial charge in [-0.2, -0.15) is 0 Å². The fraction of sp³-hybridized carbons (Fsp3) is 0.538. The molecule has 0 amide bonds. The highest BCUT2D eigenvalue weighted by atomic mass is 79.9. The summed E-state index contributed by atoms with van der Waals surface area (Å²) in [5, 5.41) is 2.90. The standard InChI is InChI=1S/C13H17BrF3NO3/c1-19-7-8-20-6-2-5-18-11-4-3-10(14)9-12(11)21-13(15,16)17/h3-4,9,18H,2,5-8H2,1H3. The monoisotopic (exact) mass is 371 g/mol. The van der Waals surface area contributed by atoms with Crippen molar-refractivity contribution in [3.63, 3.8) is 0 Å². The summed E-state index contributed by atoms with van der Waals surface area (Å²) in [6, 6.07) is 4.43. The van der Waals surface area contributed by atoms with Crippen LogP contribution in [0.5, 0.6) is 5.75 Å². The Hall–Kier alpha value is -0.990. The molecule has 0 bridgehead atoms. The number of halogens is 4. The summed E-state index contributed by atoms with van der Waals surface area (Å²) in [6.07, 6.45) is -4.06. The third-order valence-electron chi connectivity index (χ3n) is 2.38. The largest absolute Gasteiger partial charge is 0.573 e. The molecule has 0 aliphatic heterocycles. The highest BCUT2D eigenvalue weighted by Gasteiger charge is 2.32. The molecule has 0 aliphatic rings. The second kappa shape index (κ2) is 9.11. The number of hydrogen-bond donors (Lipinski definition) is 1. The topological polar surface area (TPSA) is 39.7 Å². The van der Waals surface area contributed by atoms with Crippen LogP contribution in [0.25, 0.3) is 0 Å². The minimum atomic E-state index is -4.72. The van der Waals surface area contributed by atoms with Crippen molar-refractivity contribution in [1.82, 2.24) is 0 Å². The van der Waals surface area contributed by atoms with Crippen LogP contribution >= 0.6 is 15.9 Å². The molecule has 8 heteroatoms. The third-order valence-corrected chi connectivity index (χ3v) is 2.88. The van der Waals surface area contributed by atoms with Gasteiger partial charge in [-0.3, -0.25) is 0 Å². The zero-order valence-corrected chi connectivity index (χ0v) is 13.1. The molecule has 0 unspecified atom stereocenters. The molecule has 1 N–H and O–H groups in total. The lowest BCUT2D eigenvalue weighted by atomic mass is 10.3. The fourth-order valence-corrected chi connectivity index (χ4v) is 1.83. The van der Waals surface area contributed by atoms with Crippen molar-refractivity contribution in [3.8, 4) is 5.75 Å². The van der Waals surface area contributed by atoms with Gasteiger partial charge < -0.3 is 19.5 Å². The number of rotatable bonds is 9. The molecule has 21 heavy (non-hydrogen) atoms. The van der Waals surface area contributed by atoms with Gasteiger partial charge in [0.05, 0.1) is 18.9 Å². The first-order chi connectivity index (χ1) is 9.92. The van der Waals surface area contributed by atoms with Crippen molar-refractivity contribution >= 4 is 21.6 Å². The first-order valence-electron chi connectivity index (χ1n) is 6.28. The van der Waals surface area contributed by atoms with Crippen molar-refractivity contribution in [3.05, 3.63) is 22.7 Å². The quantitative estimate of drug-likeness (QED) is 0.670. The van der Waals surface area contributed by atoms with Gasteiger partial charge in [0.25, 0.3) is 0 Å². The van der Waals surface area contributed by atoms with Crippen LogP contribution in [0.4, 0.5) is 18.9 Å². The van der Waals surface area contributed by atoms with Crippen molar-refractivity contribution in [2.75, 3.05) is 38.8 Å². The van der Waals surface area contributed by atoms with Crippen molar-refractivity contribution < 1.29 is 27.4 Å². The van der Waals surface area contributed by atoms with E-state index in [9.17, 15) is 13.2 Å². The van der Waals surface area contributed by atoms with Crippen molar-refractivity contribution in [2.24, 2.45) is 0 Å². The second-order valence-electron chi connectivity index (χ2n) is 4.07.